The van der Waals surface area contributed by atoms with Crippen molar-refractivity contribution in [2.45, 2.75) is 79.4 Å². The maximum atomic E-state index is 13.9. The van der Waals surface area contributed by atoms with Crippen LogP contribution in [0.1, 0.15) is 74.5 Å². The van der Waals surface area contributed by atoms with E-state index < -0.39 is 0 Å². The maximum Gasteiger partial charge on any atom is 0.245 e. The molecule has 0 amide bonds. The second kappa shape index (κ2) is 12.0. The minimum Gasteiger partial charge on any atom is -0.494 e. The van der Waals surface area contributed by atoms with Crippen LogP contribution in [0.15, 0.2) is 17.1 Å². The summed E-state index contributed by atoms with van der Waals surface area (Å²) in [6.45, 7) is 17.4. The molecule has 0 radical (unpaired) electrons. The van der Waals surface area contributed by atoms with Gasteiger partial charge in [0.15, 0.2) is 11.4 Å². The van der Waals surface area contributed by atoms with E-state index in [0.717, 1.165) is 54.1 Å². The smallest absolute Gasteiger partial charge is 0.245 e. The maximum absolute atomic E-state index is 13.9. The number of Topliss-reactive ketones (excluding diaryl/α,β-unsaturated/α-hetero) is 1. The standard InChI is InChI=1S/C30H44N6O4/c1-10-22(11-2)40-28-20(4)19(3)27-32-35(29(31-8)36(27)33-28)18-25(37)21-16-23(30(5,6)7)26(38-9)24(17-21)34-12-14-39-15-13-34/h16-17,22H,10-15,18H2,1-9H3. The van der Waals surface area contributed by atoms with Crippen molar-refractivity contribution >= 4 is 17.1 Å². The van der Waals surface area contributed by atoms with Gasteiger partial charge in [0.1, 0.15) is 12.3 Å². The van der Waals surface area contributed by atoms with Crippen LogP contribution in [0.4, 0.5) is 5.69 Å². The summed E-state index contributed by atoms with van der Waals surface area (Å²) in [6, 6.07) is 3.90. The molecule has 4 rings (SSSR count). The van der Waals surface area contributed by atoms with Crippen molar-refractivity contribution in [3.63, 3.8) is 0 Å². The Morgan fingerprint density at radius 3 is 2.35 bits per heavy atom. The summed E-state index contributed by atoms with van der Waals surface area (Å²) in [5, 5.41) is 9.54. The summed E-state index contributed by atoms with van der Waals surface area (Å²) in [5.41, 5.74) is 5.30. The van der Waals surface area contributed by atoms with Crippen LogP contribution in [0.3, 0.4) is 0 Å². The zero-order valence-corrected chi connectivity index (χ0v) is 25.5. The number of carbonyl (C=O) groups is 1. The highest BCUT2D eigenvalue weighted by molar-refractivity contribution is 5.97. The van der Waals surface area contributed by atoms with Gasteiger partial charge in [0.2, 0.25) is 11.5 Å². The molecule has 10 heteroatoms. The molecule has 0 aliphatic carbocycles. The van der Waals surface area contributed by atoms with E-state index in [2.05, 4.69) is 44.5 Å². The summed E-state index contributed by atoms with van der Waals surface area (Å²) < 4.78 is 21.0. The van der Waals surface area contributed by atoms with E-state index in [9.17, 15) is 4.79 Å². The molecular formula is C30H44N6O4. The second-order valence-electron chi connectivity index (χ2n) is 11.4. The Bertz CT molecular complexity index is 1440. The fourth-order valence-corrected chi connectivity index (χ4v) is 5.08. The van der Waals surface area contributed by atoms with Gasteiger partial charge in [0.05, 0.1) is 32.1 Å². The SMILES string of the molecule is CCC(CC)Oc1nn2c(=NC)n(CC(=O)c3cc(N4CCOCC4)c(OC)c(C(C)(C)C)c3)nc2c(C)c1C. The molecule has 10 nitrogen and oxygen atoms in total. The van der Waals surface area contributed by atoms with Gasteiger partial charge in [0, 0.05) is 42.4 Å². The normalized spacial score (nSPS) is 14.8. The van der Waals surface area contributed by atoms with E-state index in [1.165, 1.54) is 0 Å². The summed E-state index contributed by atoms with van der Waals surface area (Å²) in [4.78, 5) is 20.6. The molecular weight excluding hydrogens is 508 g/mol. The lowest BCUT2D eigenvalue weighted by atomic mass is 9.84. The number of ether oxygens (including phenoxy) is 3. The highest BCUT2D eigenvalue weighted by Gasteiger charge is 2.28. The molecule has 0 saturated carbocycles. The summed E-state index contributed by atoms with van der Waals surface area (Å²) in [7, 11) is 3.38. The lowest BCUT2D eigenvalue weighted by molar-refractivity contribution is 0.0965. The van der Waals surface area contributed by atoms with Gasteiger partial charge in [-0.2, -0.15) is 4.52 Å². The number of aryl methyl sites for hydroxylation is 1. The second-order valence-corrected chi connectivity index (χ2v) is 11.4. The van der Waals surface area contributed by atoms with Crippen LogP contribution in [-0.2, 0) is 16.7 Å². The Morgan fingerprint density at radius 2 is 1.77 bits per heavy atom. The molecule has 0 N–H and O–H groups in total. The van der Waals surface area contributed by atoms with Crippen LogP contribution in [-0.4, -0.2) is 71.7 Å². The number of fused-ring (bicyclic) bond motifs is 1. The van der Waals surface area contributed by atoms with Crippen molar-refractivity contribution in [1.82, 2.24) is 19.4 Å². The Kier molecular flexibility index (Phi) is 8.87. The molecule has 2 aromatic heterocycles. The van der Waals surface area contributed by atoms with E-state index in [1.807, 2.05) is 26.0 Å². The van der Waals surface area contributed by atoms with E-state index in [-0.39, 0.29) is 23.8 Å². The fourth-order valence-electron chi connectivity index (χ4n) is 5.08. The number of carbonyl (C=O) groups excluding carboxylic acids is 1. The van der Waals surface area contributed by atoms with Crippen molar-refractivity contribution in [3.05, 3.63) is 40.0 Å². The number of morpholine rings is 1. The third kappa shape index (κ3) is 5.73. The predicted molar refractivity (Wildman–Crippen MR) is 156 cm³/mol. The van der Waals surface area contributed by atoms with Crippen molar-refractivity contribution in [2.75, 3.05) is 45.4 Å². The van der Waals surface area contributed by atoms with Crippen molar-refractivity contribution in [1.29, 1.82) is 0 Å². The zero-order chi connectivity index (χ0) is 29.2. The van der Waals surface area contributed by atoms with Gasteiger partial charge in [-0.15, -0.1) is 10.2 Å². The molecule has 0 spiro atoms. The van der Waals surface area contributed by atoms with Crippen LogP contribution in [0.5, 0.6) is 11.6 Å². The van der Waals surface area contributed by atoms with Gasteiger partial charge in [-0.1, -0.05) is 34.6 Å². The van der Waals surface area contributed by atoms with Crippen molar-refractivity contribution in [2.24, 2.45) is 4.99 Å². The monoisotopic (exact) mass is 552 g/mol. The zero-order valence-electron chi connectivity index (χ0n) is 25.5. The Morgan fingerprint density at radius 1 is 1.10 bits per heavy atom. The van der Waals surface area contributed by atoms with Gasteiger partial charge in [-0.05, 0) is 44.2 Å². The highest BCUT2D eigenvalue weighted by Crippen LogP contribution is 2.40. The molecule has 3 aromatic rings. The first-order chi connectivity index (χ1) is 19.0. The molecule has 40 heavy (non-hydrogen) atoms. The molecule has 1 fully saturated rings. The molecule has 3 heterocycles. The van der Waals surface area contributed by atoms with Crippen LogP contribution in [0, 0.1) is 13.8 Å². The van der Waals surface area contributed by atoms with Crippen LogP contribution in [0.2, 0.25) is 0 Å². The van der Waals surface area contributed by atoms with E-state index in [0.29, 0.717) is 35.9 Å². The van der Waals surface area contributed by atoms with Crippen LogP contribution < -0.4 is 20.0 Å². The number of ketones is 1. The highest BCUT2D eigenvalue weighted by atomic mass is 16.5. The largest absolute Gasteiger partial charge is 0.494 e. The number of aromatic nitrogens is 4. The number of rotatable bonds is 9. The third-order valence-electron chi connectivity index (χ3n) is 7.68. The van der Waals surface area contributed by atoms with Gasteiger partial charge in [0.25, 0.3) is 0 Å². The lowest BCUT2D eigenvalue weighted by Gasteiger charge is -2.33. The Balaban J connectivity index is 1.78. The first kappa shape index (κ1) is 29.6. The molecule has 1 saturated heterocycles. The number of benzene rings is 1. The van der Waals surface area contributed by atoms with Gasteiger partial charge in [-0.25, -0.2) is 4.68 Å². The number of nitrogens with zero attached hydrogens (tertiary/aromatic N) is 6. The molecule has 0 atom stereocenters. The molecule has 0 unspecified atom stereocenters. The summed E-state index contributed by atoms with van der Waals surface area (Å²) in [6.07, 6.45) is 1.86. The van der Waals surface area contributed by atoms with Gasteiger partial charge < -0.3 is 19.1 Å². The third-order valence-corrected chi connectivity index (χ3v) is 7.68. The minimum atomic E-state index is -0.230. The number of hydrogen-bond acceptors (Lipinski definition) is 8. The molecule has 218 valence electrons. The summed E-state index contributed by atoms with van der Waals surface area (Å²) in [5.74, 6) is 1.30. The molecule has 1 aromatic carbocycles. The average Bonchev–Trinajstić information content (AvgIpc) is 3.29. The Hall–Kier alpha value is -3.40. The van der Waals surface area contributed by atoms with Crippen molar-refractivity contribution in [3.8, 4) is 11.6 Å². The van der Waals surface area contributed by atoms with Crippen LogP contribution >= 0.6 is 0 Å². The lowest BCUT2D eigenvalue weighted by Crippen LogP contribution is -2.37. The van der Waals surface area contributed by atoms with Gasteiger partial charge >= 0.3 is 0 Å². The number of hydrogen-bond donors (Lipinski definition) is 0. The van der Waals surface area contributed by atoms with Crippen molar-refractivity contribution < 1.29 is 19.0 Å². The van der Waals surface area contributed by atoms with E-state index >= 15 is 0 Å². The predicted octanol–water partition coefficient (Wildman–Crippen LogP) is 4.27. The van der Waals surface area contributed by atoms with Gasteiger partial charge in [-0.3, -0.25) is 9.79 Å². The first-order valence-electron chi connectivity index (χ1n) is 14.2. The van der Waals surface area contributed by atoms with E-state index in [1.54, 1.807) is 23.4 Å². The van der Waals surface area contributed by atoms with E-state index in [4.69, 9.17) is 24.4 Å². The topological polar surface area (TPSA) is 95.5 Å². The molecule has 0 bridgehead atoms. The number of anilines is 1. The average molecular weight is 553 g/mol. The summed E-state index contributed by atoms with van der Waals surface area (Å²) >= 11 is 0. The molecule has 1 aliphatic rings. The minimum absolute atomic E-state index is 0.0235. The fraction of sp³-hybridized carbons (Fsp3) is 0.600. The van der Waals surface area contributed by atoms with Crippen LogP contribution in [0.25, 0.3) is 5.65 Å². The quantitative estimate of drug-likeness (QED) is 0.366. The number of methoxy groups -OCH3 is 1. The first-order valence-corrected chi connectivity index (χ1v) is 14.2. The molecule has 1 aliphatic heterocycles. The Labute approximate surface area is 236 Å².